The highest BCUT2D eigenvalue weighted by Gasteiger charge is 2.33. The quantitative estimate of drug-likeness (QED) is 0.614. The smallest absolute Gasteiger partial charge is 0.340 e. The summed E-state index contributed by atoms with van der Waals surface area (Å²) in [7, 11) is 0. The van der Waals surface area contributed by atoms with Crippen LogP contribution in [0, 0.1) is 5.82 Å². The van der Waals surface area contributed by atoms with Crippen LogP contribution in [0.25, 0.3) is 0 Å². The molecule has 138 valence electrons. The number of benzene rings is 2. The molecule has 2 N–H and O–H groups in total. The number of amides is 1. The van der Waals surface area contributed by atoms with Crippen molar-refractivity contribution in [3.8, 4) is 0 Å². The highest BCUT2D eigenvalue weighted by molar-refractivity contribution is 6.04. The average Bonchev–Trinajstić information content (AvgIpc) is 2.63. The maximum atomic E-state index is 13.6. The Morgan fingerprint density at radius 3 is 2.30 bits per heavy atom. The number of rotatable bonds is 4. The molecule has 0 radical (unpaired) electrons. The topological polar surface area (TPSA) is 54.0 Å². The normalized spacial score (nSPS) is 11.1. The number of hydrogen-bond donors (Lipinski definition) is 2. The van der Waals surface area contributed by atoms with Crippen LogP contribution >= 0.6 is 0 Å². The number of nitrogens with one attached hydrogen (secondary N) is 2. The summed E-state index contributed by atoms with van der Waals surface area (Å²) in [5, 5.41) is 5.07. The molecule has 0 spiro atoms. The van der Waals surface area contributed by atoms with Gasteiger partial charge in [-0.15, -0.1) is 0 Å². The third-order valence-electron chi connectivity index (χ3n) is 3.64. The van der Waals surface area contributed by atoms with Gasteiger partial charge in [0.15, 0.2) is 0 Å². The van der Waals surface area contributed by atoms with Gasteiger partial charge in [0, 0.05) is 0 Å². The summed E-state index contributed by atoms with van der Waals surface area (Å²) in [6.07, 6.45) is -3.24. The molecule has 3 rings (SSSR count). The van der Waals surface area contributed by atoms with Gasteiger partial charge in [-0.3, -0.25) is 4.79 Å². The second kappa shape index (κ2) is 7.45. The number of anilines is 3. The first-order valence-electron chi connectivity index (χ1n) is 7.80. The van der Waals surface area contributed by atoms with E-state index in [1.165, 1.54) is 54.7 Å². The van der Waals surface area contributed by atoms with Crippen molar-refractivity contribution in [3.05, 3.63) is 83.8 Å². The standard InChI is InChI=1S/C19H13F4N3O/c20-15-7-3-1-5-13(15)18(27)25-12-9-10-17(24-11-12)26-16-8-4-2-6-14(16)19(21,22)23/h1-11H,(H,24,26)(H,25,27). The lowest BCUT2D eigenvalue weighted by Gasteiger charge is -2.14. The van der Waals surface area contributed by atoms with Gasteiger partial charge >= 0.3 is 6.18 Å². The molecule has 0 aliphatic heterocycles. The van der Waals surface area contributed by atoms with Gasteiger partial charge in [-0.2, -0.15) is 13.2 Å². The van der Waals surface area contributed by atoms with Gasteiger partial charge in [0.25, 0.3) is 5.91 Å². The zero-order chi connectivity index (χ0) is 19.4. The van der Waals surface area contributed by atoms with Crippen molar-refractivity contribution in [3.63, 3.8) is 0 Å². The van der Waals surface area contributed by atoms with E-state index in [1.54, 1.807) is 0 Å². The van der Waals surface area contributed by atoms with E-state index in [2.05, 4.69) is 15.6 Å². The lowest BCUT2D eigenvalue weighted by molar-refractivity contribution is -0.136. The third-order valence-corrected chi connectivity index (χ3v) is 3.64. The molecule has 1 amide bonds. The van der Waals surface area contributed by atoms with E-state index >= 15 is 0 Å². The monoisotopic (exact) mass is 375 g/mol. The summed E-state index contributed by atoms with van der Waals surface area (Å²) in [5.41, 5.74) is -0.805. The lowest BCUT2D eigenvalue weighted by atomic mass is 10.1. The molecule has 0 bridgehead atoms. The summed E-state index contributed by atoms with van der Waals surface area (Å²) < 4.78 is 52.6. The molecule has 2 aromatic carbocycles. The first-order valence-corrected chi connectivity index (χ1v) is 7.80. The van der Waals surface area contributed by atoms with E-state index in [-0.39, 0.29) is 22.8 Å². The molecule has 0 unspecified atom stereocenters. The highest BCUT2D eigenvalue weighted by atomic mass is 19.4. The van der Waals surface area contributed by atoms with Crippen LogP contribution in [0.2, 0.25) is 0 Å². The fraction of sp³-hybridized carbons (Fsp3) is 0.0526. The second-order valence-corrected chi connectivity index (χ2v) is 5.53. The number of carbonyl (C=O) groups excluding carboxylic acids is 1. The van der Waals surface area contributed by atoms with Crippen LogP contribution in [0.3, 0.4) is 0 Å². The Bertz CT molecular complexity index is 956. The van der Waals surface area contributed by atoms with E-state index < -0.39 is 23.5 Å². The Morgan fingerprint density at radius 2 is 1.63 bits per heavy atom. The van der Waals surface area contributed by atoms with Gasteiger partial charge < -0.3 is 10.6 Å². The Labute approximate surface area is 151 Å². The molecule has 3 aromatic rings. The first kappa shape index (κ1) is 18.4. The van der Waals surface area contributed by atoms with Gasteiger partial charge in [0.05, 0.1) is 28.7 Å². The average molecular weight is 375 g/mol. The number of pyridine rings is 1. The predicted molar refractivity (Wildman–Crippen MR) is 93.3 cm³/mol. The minimum absolute atomic E-state index is 0.126. The van der Waals surface area contributed by atoms with E-state index in [0.717, 1.165) is 12.1 Å². The molecule has 0 atom stereocenters. The lowest BCUT2D eigenvalue weighted by Crippen LogP contribution is -2.14. The van der Waals surface area contributed by atoms with Gasteiger partial charge in [-0.25, -0.2) is 9.37 Å². The Hall–Kier alpha value is -3.42. The largest absolute Gasteiger partial charge is 0.418 e. The van der Waals surface area contributed by atoms with Crippen molar-refractivity contribution >= 4 is 23.1 Å². The van der Waals surface area contributed by atoms with Gasteiger partial charge in [0.2, 0.25) is 0 Å². The third kappa shape index (κ3) is 4.41. The zero-order valence-electron chi connectivity index (χ0n) is 13.7. The number of alkyl halides is 3. The summed E-state index contributed by atoms with van der Waals surface area (Å²) in [5.74, 6) is -1.15. The minimum Gasteiger partial charge on any atom is -0.340 e. The van der Waals surface area contributed by atoms with Crippen LogP contribution in [0.4, 0.5) is 34.8 Å². The van der Waals surface area contributed by atoms with Crippen molar-refractivity contribution < 1.29 is 22.4 Å². The van der Waals surface area contributed by atoms with E-state index in [4.69, 9.17) is 0 Å². The molecule has 1 heterocycles. The number of hydrogen-bond acceptors (Lipinski definition) is 3. The maximum absolute atomic E-state index is 13.6. The SMILES string of the molecule is O=C(Nc1ccc(Nc2ccccc2C(F)(F)F)nc1)c1ccccc1F. The molecule has 1 aromatic heterocycles. The number of aromatic nitrogens is 1. The fourth-order valence-corrected chi connectivity index (χ4v) is 2.36. The molecule has 0 saturated carbocycles. The van der Waals surface area contributed by atoms with Crippen molar-refractivity contribution in [1.82, 2.24) is 4.98 Å². The van der Waals surface area contributed by atoms with Gasteiger partial charge in [-0.05, 0) is 36.4 Å². The molecule has 27 heavy (non-hydrogen) atoms. The van der Waals surface area contributed by atoms with Crippen molar-refractivity contribution in [2.75, 3.05) is 10.6 Å². The molecule has 8 heteroatoms. The van der Waals surface area contributed by atoms with Crippen LogP contribution in [0.5, 0.6) is 0 Å². The van der Waals surface area contributed by atoms with Crippen molar-refractivity contribution in [2.45, 2.75) is 6.18 Å². The Balaban J connectivity index is 1.73. The van der Waals surface area contributed by atoms with E-state index in [0.29, 0.717) is 0 Å². The zero-order valence-corrected chi connectivity index (χ0v) is 13.7. The number of halogens is 4. The Kier molecular flexibility index (Phi) is 5.07. The van der Waals surface area contributed by atoms with Crippen LogP contribution in [-0.2, 0) is 6.18 Å². The maximum Gasteiger partial charge on any atom is 0.418 e. The van der Waals surface area contributed by atoms with Gasteiger partial charge in [0.1, 0.15) is 11.6 Å². The predicted octanol–water partition coefficient (Wildman–Crippen LogP) is 5.24. The number of para-hydroxylation sites is 1. The van der Waals surface area contributed by atoms with Crippen LogP contribution in [0.15, 0.2) is 66.9 Å². The van der Waals surface area contributed by atoms with Crippen LogP contribution in [0.1, 0.15) is 15.9 Å². The summed E-state index contributed by atoms with van der Waals surface area (Å²) in [6.45, 7) is 0. The highest BCUT2D eigenvalue weighted by Crippen LogP contribution is 2.35. The summed E-state index contributed by atoms with van der Waals surface area (Å²) in [6, 6.07) is 13.4. The molecular formula is C19H13F4N3O. The molecule has 0 aliphatic rings. The minimum atomic E-state index is -4.50. The van der Waals surface area contributed by atoms with Crippen molar-refractivity contribution in [1.29, 1.82) is 0 Å². The van der Waals surface area contributed by atoms with Gasteiger partial charge in [-0.1, -0.05) is 24.3 Å². The second-order valence-electron chi connectivity index (χ2n) is 5.53. The number of carbonyl (C=O) groups is 1. The van der Waals surface area contributed by atoms with Crippen molar-refractivity contribution in [2.24, 2.45) is 0 Å². The summed E-state index contributed by atoms with van der Waals surface area (Å²) in [4.78, 5) is 16.0. The first-order chi connectivity index (χ1) is 12.8. The molecular weight excluding hydrogens is 362 g/mol. The van der Waals surface area contributed by atoms with E-state index in [9.17, 15) is 22.4 Å². The molecule has 0 aliphatic carbocycles. The Morgan fingerprint density at radius 1 is 0.926 bits per heavy atom. The molecule has 4 nitrogen and oxygen atoms in total. The van der Waals surface area contributed by atoms with Crippen LogP contribution < -0.4 is 10.6 Å². The fourth-order valence-electron chi connectivity index (χ4n) is 2.36. The van der Waals surface area contributed by atoms with Crippen LogP contribution in [-0.4, -0.2) is 10.9 Å². The number of nitrogens with zero attached hydrogens (tertiary/aromatic N) is 1. The molecule has 0 fully saturated rings. The summed E-state index contributed by atoms with van der Waals surface area (Å²) >= 11 is 0. The molecule has 0 saturated heterocycles. The van der Waals surface area contributed by atoms with E-state index in [1.807, 2.05) is 0 Å².